The van der Waals surface area contributed by atoms with Crippen LogP contribution in [0, 0.1) is 6.92 Å². The van der Waals surface area contributed by atoms with Crippen LogP contribution >= 0.6 is 0 Å². The molecule has 1 aliphatic carbocycles. The fourth-order valence-electron chi connectivity index (χ4n) is 3.73. The van der Waals surface area contributed by atoms with Crippen molar-refractivity contribution in [3.63, 3.8) is 0 Å². The lowest BCUT2D eigenvalue weighted by molar-refractivity contribution is -0.121. The first kappa shape index (κ1) is 20.4. The van der Waals surface area contributed by atoms with Gasteiger partial charge in [-0.05, 0) is 45.5 Å². The summed E-state index contributed by atoms with van der Waals surface area (Å²) in [7, 11) is 4.22. The van der Waals surface area contributed by atoms with E-state index in [0.29, 0.717) is 25.1 Å². The van der Waals surface area contributed by atoms with Crippen molar-refractivity contribution in [2.45, 2.75) is 57.4 Å². The first-order valence-electron chi connectivity index (χ1n) is 9.72. The highest BCUT2D eigenvalue weighted by Crippen LogP contribution is 2.30. The van der Waals surface area contributed by atoms with Gasteiger partial charge < -0.3 is 15.5 Å². The molecular formula is C21H33N3O2. The molecule has 0 aliphatic heterocycles. The molecule has 0 atom stereocenters. The molecule has 1 aliphatic rings. The third kappa shape index (κ3) is 5.56. The van der Waals surface area contributed by atoms with Crippen LogP contribution < -0.4 is 10.6 Å². The van der Waals surface area contributed by atoms with Crippen molar-refractivity contribution >= 4 is 11.8 Å². The van der Waals surface area contributed by atoms with Gasteiger partial charge in [-0.2, -0.15) is 0 Å². The normalized spacial score (nSPS) is 16.8. The molecule has 0 bridgehead atoms. The summed E-state index contributed by atoms with van der Waals surface area (Å²) >= 11 is 0. The van der Waals surface area contributed by atoms with Crippen LogP contribution in [-0.4, -0.2) is 49.4 Å². The van der Waals surface area contributed by atoms with Gasteiger partial charge in [-0.1, -0.05) is 43.9 Å². The first-order valence-corrected chi connectivity index (χ1v) is 9.72. The molecule has 0 saturated heterocycles. The maximum Gasteiger partial charge on any atom is 0.251 e. The number of carbonyl (C=O) groups excluding carboxylic acids is 2. The Kier molecular flexibility index (Phi) is 7.64. The number of carbonyl (C=O) groups is 2. The molecule has 0 aromatic heterocycles. The van der Waals surface area contributed by atoms with Gasteiger partial charge in [0.2, 0.25) is 5.91 Å². The first-order chi connectivity index (χ1) is 12.4. The molecule has 0 spiro atoms. The van der Waals surface area contributed by atoms with E-state index in [4.69, 9.17) is 0 Å². The minimum absolute atomic E-state index is 0.000514. The van der Waals surface area contributed by atoms with Crippen LogP contribution in [-0.2, 0) is 4.79 Å². The molecule has 1 aromatic rings. The Labute approximate surface area is 157 Å². The zero-order valence-corrected chi connectivity index (χ0v) is 16.4. The Balaban J connectivity index is 1.77. The summed E-state index contributed by atoms with van der Waals surface area (Å²) < 4.78 is 0. The molecule has 2 amide bonds. The number of rotatable bonds is 7. The van der Waals surface area contributed by atoms with Gasteiger partial charge in [0, 0.05) is 30.6 Å². The van der Waals surface area contributed by atoms with Crippen molar-refractivity contribution in [3.8, 4) is 0 Å². The van der Waals surface area contributed by atoms with Crippen LogP contribution in [0.15, 0.2) is 24.3 Å². The van der Waals surface area contributed by atoms with Crippen LogP contribution in [0.25, 0.3) is 0 Å². The second-order valence-corrected chi connectivity index (χ2v) is 7.63. The number of nitrogens with zero attached hydrogens (tertiary/aromatic N) is 1. The predicted octanol–water partition coefficient (Wildman–Crippen LogP) is 2.89. The molecule has 0 heterocycles. The van der Waals surface area contributed by atoms with E-state index in [-0.39, 0.29) is 17.4 Å². The molecule has 26 heavy (non-hydrogen) atoms. The molecule has 1 fully saturated rings. The molecule has 2 N–H and O–H groups in total. The Morgan fingerprint density at radius 2 is 1.69 bits per heavy atom. The SMILES string of the molecule is Cc1ccccc1C(=O)NCCC(=O)NCC1(N(C)C)CCCCCC1. The summed E-state index contributed by atoms with van der Waals surface area (Å²) in [6, 6.07) is 7.47. The number of hydrogen-bond acceptors (Lipinski definition) is 3. The summed E-state index contributed by atoms with van der Waals surface area (Å²) in [5, 5.41) is 5.94. The summed E-state index contributed by atoms with van der Waals surface area (Å²) in [4.78, 5) is 26.7. The molecule has 5 nitrogen and oxygen atoms in total. The van der Waals surface area contributed by atoms with Crippen LogP contribution in [0.4, 0.5) is 0 Å². The summed E-state index contributed by atoms with van der Waals surface area (Å²) in [5.41, 5.74) is 1.67. The third-order valence-electron chi connectivity index (χ3n) is 5.62. The lowest BCUT2D eigenvalue weighted by Gasteiger charge is -2.39. The second kappa shape index (κ2) is 9.72. The molecule has 1 aromatic carbocycles. The van der Waals surface area contributed by atoms with E-state index in [2.05, 4.69) is 29.6 Å². The summed E-state index contributed by atoms with van der Waals surface area (Å²) in [5.74, 6) is -0.120. The number of benzene rings is 1. The number of nitrogens with one attached hydrogen (secondary N) is 2. The number of hydrogen-bond donors (Lipinski definition) is 2. The van der Waals surface area contributed by atoms with Crippen molar-refractivity contribution in [2.24, 2.45) is 0 Å². The molecule has 2 rings (SSSR count). The molecule has 144 valence electrons. The van der Waals surface area contributed by atoms with Crippen molar-refractivity contribution in [3.05, 3.63) is 35.4 Å². The molecule has 5 heteroatoms. The lowest BCUT2D eigenvalue weighted by atomic mass is 9.88. The Bertz CT molecular complexity index is 605. The maximum atomic E-state index is 12.2. The standard InChI is InChI=1S/C21H33N3O2/c1-17-10-6-7-11-18(17)20(26)22-15-12-19(25)23-16-21(24(2)3)13-8-4-5-9-14-21/h6-7,10-11H,4-5,8-9,12-16H2,1-3H3,(H,22,26)(H,23,25). The highest BCUT2D eigenvalue weighted by molar-refractivity contribution is 5.95. The van der Waals surface area contributed by atoms with Crippen LogP contribution in [0.3, 0.4) is 0 Å². The number of aryl methyl sites for hydroxylation is 1. The van der Waals surface area contributed by atoms with Gasteiger partial charge in [-0.3, -0.25) is 9.59 Å². The summed E-state index contributed by atoms with van der Waals surface area (Å²) in [6.07, 6.45) is 7.58. The van der Waals surface area contributed by atoms with E-state index in [0.717, 1.165) is 18.4 Å². The predicted molar refractivity (Wildman–Crippen MR) is 105 cm³/mol. The van der Waals surface area contributed by atoms with Gasteiger partial charge in [-0.15, -0.1) is 0 Å². The lowest BCUT2D eigenvalue weighted by Crippen LogP contribution is -2.52. The maximum absolute atomic E-state index is 12.2. The van der Waals surface area contributed by atoms with Gasteiger partial charge >= 0.3 is 0 Å². The van der Waals surface area contributed by atoms with E-state index in [1.54, 1.807) is 6.07 Å². The third-order valence-corrected chi connectivity index (χ3v) is 5.62. The highest BCUT2D eigenvalue weighted by atomic mass is 16.2. The zero-order chi connectivity index (χ0) is 19.0. The molecule has 0 unspecified atom stereocenters. The molecular weight excluding hydrogens is 326 g/mol. The minimum Gasteiger partial charge on any atom is -0.354 e. The Morgan fingerprint density at radius 1 is 1.04 bits per heavy atom. The van der Waals surface area contributed by atoms with Gasteiger partial charge in [0.25, 0.3) is 5.91 Å². The van der Waals surface area contributed by atoms with Gasteiger partial charge in [-0.25, -0.2) is 0 Å². The van der Waals surface area contributed by atoms with Crippen LogP contribution in [0.1, 0.15) is 60.9 Å². The van der Waals surface area contributed by atoms with Crippen molar-refractivity contribution < 1.29 is 9.59 Å². The van der Waals surface area contributed by atoms with E-state index in [1.165, 1.54) is 25.7 Å². The Morgan fingerprint density at radius 3 is 2.31 bits per heavy atom. The quantitative estimate of drug-likeness (QED) is 0.736. The van der Waals surface area contributed by atoms with Gasteiger partial charge in [0.05, 0.1) is 0 Å². The van der Waals surface area contributed by atoms with Crippen molar-refractivity contribution in [1.29, 1.82) is 0 Å². The average molecular weight is 360 g/mol. The average Bonchev–Trinajstić information content (AvgIpc) is 2.87. The van der Waals surface area contributed by atoms with Crippen molar-refractivity contribution in [2.75, 3.05) is 27.2 Å². The fourth-order valence-corrected chi connectivity index (χ4v) is 3.73. The molecule has 1 saturated carbocycles. The topological polar surface area (TPSA) is 61.4 Å². The summed E-state index contributed by atoms with van der Waals surface area (Å²) in [6.45, 7) is 2.95. The Hall–Kier alpha value is -1.88. The minimum atomic E-state index is -0.121. The molecule has 0 radical (unpaired) electrons. The second-order valence-electron chi connectivity index (χ2n) is 7.63. The van der Waals surface area contributed by atoms with Crippen LogP contribution in [0.2, 0.25) is 0 Å². The zero-order valence-electron chi connectivity index (χ0n) is 16.4. The van der Waals surface area contributed by atoms with Crippen molar-refractivity contribution in [1.82, 2.24) is 15.5 Å². The van der Waals surface area contributed by atoms with Crippen LogP contribution in [0.5, 0.6) is 0 Å². The van der Waals surface area contributed by atoms with Gasteiger partial charge in [0.1, 0.15) is 0 Å². The smallest absolute Gasteiger partial charge is 0.251 e. The van der Waals surface area contributed by atoms with Gasteiger partial charge in [0.15, 0.2) is 0 Å². The van der Waals surface area contributed by atoms with E-state index in [9.17, 15) is 9.59 Å². The highest BCUT2D eigenvalue weighted by Gasteiger charge is 2.33. The monoisotopic (exact) mass is 359 g/mol. The number of likely N-dealkylation sites (N-methyl/N-ethyl adjacent to an activating group) is 1. The van der Waals surface area contributed by atoms with E-state index < -0.39 is 0 Å². The number of amides is 2. The fraction of sp³-hybridized carbons (Fsp3) is 0.619. The van der Waals surface area contributed by atoms with E-state index in [1.807, 2.05) is 25.1 Å². The largest absolute Gasteiger partial charge is 0.354 e. The van der Waals surface area contributed by atoms with E-state index >= 15 is 0 Å².